The smallest absolute Gasteiger partial charge is 0.321 e. The maximum Gasteiger partial charge on any atom is 0.321 e. The van der Waals surface area contributed by atoms with Crippen LogP contribution in [0.15, 0.2) is 18.2 Å². The average molecular weight is 237 g/mol. The number of hydrogen-bond acceptors (Lipinski definition) is 3. The molecule has 1 fully saturated rings. The van der Waals surface area contributed by atoms with Gasteiger partial charge in [0, 0.05) is 5.75 Å². The van der Waals surface area contributed by atoms with Gasteiger partial charge in [-0.1, -0.05) is 29.3 Å². The Hall–Kier alpha value is -1.00. The van der Waals surface area contributed by atoms with E-state index >= 15 is 0 Å². The second-order valence-electron chi connectivity index (χ2n) is 4.19. The zero-order valence-corrected chi connectivity index (χ0v) is 10.2. The number of benzene rings is 1. The molecule has 0 radical (unpaired) electrons. The molecule has 0 amide bonds. The van der Waals surface area contributed by atoms with Crippen molar-refractivity contribution in [3.05, 3.63) is 34.9 Å². The number of aryl methyl sites for hydroxylation is 2. The largest absolute Gasteiger partial charge is 0.480 e. The Morgan fingerprint density at radius 1 is 1.38 bits per heavy atom. The van der Waals surface area contributed by atoms with E-state index in [2.05, 4.69) is 37.4 Å². The number of carboxylic acid groups (broad SMARTS) is 1. The molecule has 86 valence electrons. The van der Waals surface area contributed by atoms with Gasteiger partial charge in [-0.3, -0.25) is 10.1 Å². The summed E-state index contributed by atoms with van der Waals surface area (Å²) in [5, 5.41) is 12.1. The molecule has 4 heteroatoms. The number of thioether (sulfide) groups is 1. The van der Waals surface area contributed by atoms with Gasteiger partial charge in [0.1, 0.15) is 6.04 Å². The fourth-order valence-corrected chi connectivity index (χ4v) is 3.18. The van der Waals surface area contributed by atoms with E-state index in [1.807, 2.05) is 0 Å². The van der Waals surface area contributed by atoms with Gasteiger partial charge < -0.3 is 5.11 Å². The van der Waals surface area contributed by atoms with Crippen molar-refractivity contribution in [3.63, 3.8) is 0 Å². The first-order chi connectivity index (χ1) is 7.56. The van der Waals surface area contributed by atoms with Gasteiger partial charge in [-0.2, -0.15) is 0 Å². The summed E-state index contributed by atoms with van der Waals surface area (Å²) < 4.78 is 0. The molecule has 2 N–H and O–H groups in total. The highest BCUT2D eigenvalue weighted by Gasteiger charge is 2.30. The number of nitrogens with one attached hydrogen (secondary N) is 1. The summed E-state index contributed by atoms with van der Waals surface area (Å²) in [5.41, 5.74) is 3.61. The third-order valence-electron chi connectivity index (χ3n) is 2.63. The van der Waals surface area contributed by atoms with Gasteiger partial charge in [-0.05, 0) is 19.4 Å². The van der Waals surface area contributed by atoms with Gasteiger partial charge in [0.05, 0.1) is 5.37 Å². The van der Waals surface area contributed by atoms with Crippen LogP contribution in [0, 0.1) is 13.8 Å². The van der Waals surface area contributed by atoms with Crippen LogP contribution in [-0.2, 0) is 4.79 Å². The van der Waals surface area contributed by atoms with Gasteiger partial charge >= 0.3 is 5.97 Å². The highest BCUT2D eigenvalue weighted by molar-refractivity contribution is 7.99. The number of carboxylic acids is 1. The highest BCUT2D eigenvalue weighted by Crippen LogP contribution is 2.33. The lowest BCUT2D eigenvalue weighted by Crippen LogP contribution is -2.33. The standard InChI is InChI=1S/C12H15NO2S/c1-7-3-8(2)5-9(4-7)11-13-10(6-16-11)12(14)15/h3-5,10-11,13H,6H2,1-2H3,(H,14,15)/t10-,11?/m1/s1. The highest BCUT2D eigenvalue weighted by atomic mass is 32.2. The Kier molecular flexibility index (Phi) is 3.21. The molecule has 1 saturated heterocycles. The van der Waals surface area contributed by atoms with E-state index < -0.39 is 12.0 Å². The molecule has 0 saturated carbocycles. The maximum atomic E-state index is 10.8. The van der Waals surface area contributed by atoms with Crippen molar-refractivity contribution in [2.75, 3.05) is 5.75 Å². The second-order valence-corrected chi connectivity index (χ2v) is 5.33. The lowest BCUT2D eigenvalue weighted by molar-refractivity contribution is -0.138. The molecule has 2 atom stereocenters. The molecule has 1 aliphatic heterocycles. The van der Waals surface area contributed by atoms with Gasteiger partial charge in [0.25, 0.3) is 0 Å². The van der Waals surface area contributed by atoms with E-state index in [0.717, 1.165) is 0 Å². The molecule has 0 aliphatic carbocycles. The monoisotopic (exact) mass is 237 g/mol. The van der Waals surface area contributed by atoms with E-state index in [4.69, 9.17) is 5.11 Å². The van der Waals surface area contributed by atoms with Crippen molar-refractivity contribution in [1.82, 2.24) is 5.32 Å². The fourth-order valence-electron chi connectivity index (χ4n) is 1.97. The molecular formula is C12H15NO2S. The minimum absolute atomic E-state index is 0.111. The van der Waals surface area contributed by atoms with Crippen LogP contribution in [0.1, 0.15) is 22.1 Å². The molecule has 1 unspecified atom stereocenters. The van der Waals surface area contributed by atoms with Crippen LogP contribution in [0.2, 0.25) is 0 Å². The molecule has 1 aromatic rings. The van der Waals surface area contributed by atoms with Gasteiger partial charge in [-0.25, -0.2) is 0 Å². The SMILES string of the molecule is Cc1cc(C)cc(C2N[C@@H](C(=O)O)CS2)c1. The van der Waals surface area contributed by atoms with Gasteiger partial charge in [-0.15, -0.1) is 11.8 Å². The van der Waals surface area contributed by atoms with Crippen LogP contribution in [0.5, 0.6) is 0 Å². The average Bonchev–Trinajstić information content (AvgIpc) is 2.64. The van der Waals surface area contributed by atoms with Crippen molar-refractivity contribution >= 4 is 17.7 Å². The number of hydrogen-bond donors (Lipinski definition) is 2. The summed E-state index contributed by atoms with van der Waals surface area (Å²) in [4.78, 5) is 10.8. The number of carbonyl (C=O) groups is 1. The van der Waals surface area contributed by atoms with Crippen LogP contribution < -0.4 is 5.32 Å². The Morgan fingerprint density at radius 3 is 2.50 bits per heavy atom. The predicted octanol–water partition coefficient (Wildman–Crippen LogP) is 2.09. The van der Waals surface area contributed by atoms with Crippen molar-refractivity contribution in [2.45, 2.75) is 25.3 Å². The normalized spacial score (nSPS) is 24.6. The van der Waals surface area contributed by atoms with Crippen molar-refractivity contribution in [2.24, 2.45) is 0 Å². The van der Waals surface area contributed by atoms with Gasteiger partial charge in [0.2, 0.25) is 0 Å². The minimum Gasteiger partial charge on any atom is -0.480 e. The third-order valence-corrected chi connectivity index (χ3v) is 3.89. The van der Waals surface area contributed by atoms with E-state index in [-0.39, 0.29) is 5.37 Å². The summed E-state index contributed by atoms with van der Waals surface area (Å²) in [6.07, 6.45) is 0. The first-order valence-electron chi connectivity index (χ1n) is 5.25. The summed E-state index contributed by atoms with van der Waals surface area (Å²) in [6.45, 7) is 4.12. The lowest BCUT2D eigenvalue weighted by atomic mass is 10.1. The summed E-state index contributed by atoms with van der Waals surface area (Å²) in [7, 11) is 0. The lowest BCUT2D eigenvalue weighted by Gasteiger charge is -2.13. The topological polar surface area (TPSA) is 49.3 Å². The maximum absolute atomic E-state index is 10.8. The zero-order chi connectivity index (χ0) is 11.7. The first-order valence-corrected chi connectivity index (χ1v) is 6.30. The van der Waals surface area contributed by atoms with E-state index in [1.165, 1.54) is 16.7 Å². The van der Waals surface area contributed by atoms with Crippen LogP contribution >= 0.6 is 11.8 Å². The molecular weight excluding hydrogens is 222 g/mol. The molecule has 1 heterocycles. The van der Waals surface area contributed by atoms with Crippen LogP contribution in [0.3, 0.4) is 0 Å². The van der Waals surface area contributed by atoms with E-state index in [9.17, 15) is 4.79 Å². The number of rotatable bonds is 2. The molecule has 0 aromatic heterocycles. The Labute approximate surface area is 99.2 Å². The molecule has 1 aliphatic rings. The Bertz CT molecular complexity index is 399. The molecule has 0 spiro atoms. The summed E-state index contributed by atoms with van der Waals surface area (Å²) in [6, 6.07) is 5.93. The summed E-state index contributed by atoms with van der Waals surface area (Å²) >= 11 is 1.66. The van der Waals surface area contributed by atoms with Gasteiger partial charge in [0.15, 0.2) is 0 Å². The van der Waals surface area contributed by atoms with Crippen molar-refractivity contribution in [3.8, 4) is 0 Å². The van der Waals surface area contributed by atoms with Crippen LogP contribution in [0.25, 0.3) is 0 Å². The predicted molar refractivity (Wildman–Crippen MR) is 65.7 cm³/mol. The third kappa shape index (κ3) is 2.39. The van der Waals surface area contributed by atoms with Crippen LogP contribution in [-0.4, -0.2) is 22.9 Å². The molecule has 3 nitrogen and oxygen atoms in total. The van der Waals surface area contributed by atoms with Crippen molar-refractivity contribution < 1.29 is 9.90 Å². The molecule has 2 rings (SSSR count). The Morgan fingerprint density at radius 2 is 2.00 bits per heavy atom. The second kappa shape index (κ2) is 4.47. The Balaban J connectivity index is 2.17. The van der Waals surface area contributed by atoms with Crippen molar-refractivity contribution in [1.29, 1.82) is 0 Å². The zero-order valence-electron chi connectivity index (χ0n) is 9.36. The molecule has 16 heavy (non-hydrogen) atoms. The van der Waals surface area contributed by atoms with E-state index in [1.54, 1.807) is 11.8 Å². The quantitative estimate of drug-likeness (QED) is 0.827. The van der Waals surface area contributed by atoms with E-state index in [0.29, 0.717) is 5.75 Å². The molecule has 1 aromatic carbocycles. The minimum atomic E-state index is -0.764. The first kappa shape index (κ1) is 11.5. The fraction of sp³-hybridized carbons (Fsp3) is 0.417. The number of aliphatic carboxylic acids is 1. The van der Waals surface area contributed by atoms with Crippen LogP contribution in [0.4, 0.5) is 0 Å². The molecule has 0 bridgehead atoms. The summed E-state index contributed by atoms with van der Waals surface area (Å²) in [5.74, 6) is -0.133.